The largest absolute Gasteiger partial charge is 0.352 e. The number of carbonyl (C=O) groups excluding carboxylic acids is 2. The van der Waals surface area contributed by atoms with Crippen molar-refractivity contribution in [1.82, 2.24) is 10.2 Å². The van der Waals surface area contributed by atoms with Gasteiger partial charge in [0.2, 0.25) is 5.91 Å². The van der Waals surface area contributed by atoms with E-state index in [-0.39, 0.29) is 11.8 Å². The van der Waals surface area contributed by atoms with Crippen LogP contribution in [-0.2, 0) is 4.79 Å². The van der Waals surface area contributed by atoms with Gasteiger partial charge in [0.15, 0.2) is 0 Å². The first kappa shape index (κ1) is 20.9. The number of hydrogen-bond donors (Lipinski definition) is 1. The van der Waals surface area contributed by atoms with E-state index in [0.717, 1.165) is 42.0 Å². The highest BCUT2D eigenvalue weighted by molar-refractivity contribution is 7.99. The first-order valence-corrected chi connectivity index (χ1v) is 10.8. The Labute approximate surface area is 176 Å². The number of nitrogens with zero attached hydrogens (tertiary/aromatic N) is 2. The normalized spacial score (nSPS) is 14.2. The molecule has 1 N–H and O–H groups in total. The van der Waals surface area contributed by atoms with E-state index in [9.17, 15) is 14.9 Å². The molecule has 1 aliphatic rings. The van der Waals surface area contributed by atoms with Crippen LogP contribution in [0, 0.1) is 11.3 Å². The molecule has 2 aromatic carbocycles. The van der Waals surface area contributed by atoms with E-state index in [1.807, 2.05) is 41.3 Å². The molecule has 0 bridgehead atoms. The minimum Gasteiger partial charge on any atom is -0.352 e. The van der Waals surface area contributed by atoms with Crippen molar-refractivity contribution in [2.75, 3.05) is 19.6 Å². The number of amides is 2. The molecule has 2 aromatic rings. The molecular weight excluding hydrogens is 382 g/mol. The summed E-state index contributed by atoms with van der Waals surface area (Å²) in [6.45, 7) is 2.03. The van der Waals surface area contributed by atoms with Crippen molar-refractivity contribution < 1.29 is 9.59 Å². The summed E-state index contributed by atoms with van der Waals surface area (Å²) in [6, 6.07) is 17.0. The second-order valence-electron chi connectivity index (χ2n) is 7.01. The van der Waals surface area contributed by atoms with E-state index in [4.69, 9.17) is 0 Å². The molecule has 2 amide bonds. The Balaban J connectivity index is 1.57. The van der Waals surface area contributed by atoms with Gasteiger partial charge in [0.25, 0.3) is 5.91 Å². The maximum atomic E-state index is 12.7. The van der Waals surface area contributed by atoms with Gasteiger partial charge in [-0.15, -0.1) is 0 Å². The summed E-state index contributed by atoms with van der Waals surface area (Å²) in [5.74, 6) is 0.0939. The third kappa shape index (κ3) is 5.85. The zero-order valence-corrected chi connectivity index (χ0v) is 17.2. The van der Waals surface area contributed by atoms with Crippen LogP contribution in [0.25, 0.3) is 0 Å². The molecule has 0 spiro atoms. The van der Waals surface area contributed by atoms with Crippen molar-refractivity contribution in [1.29, 1.82) is 5.26 Å². The van der Waals surface area contributed by atoms with E-state index < -0.39 is 0 Å². The van der Waals surface area contributed by atoms with E-state index in [1.165, 1.54) is 11.8 Å². The lowest BCUT2D eigenvalue weighted by Crippen LogP contribution is -2.34. The maximum absolute atomic E-state index is 12.7. The van der Waals surface area contributed by atoms with Gasteiger partial charge in [-0.2, -0.15) is 5.26 Å². The van der Waals surface area contributed by atoms with Gasteiger partial charge in [-0.3, -0.25) is 9.59 Å². The lowest BCUT2D eigenvalue weighted by Gasteiger charge is -2.20. The Morgan fingerprint density at radius 3 is 2.66 bits per heavy atom. The molecule has 0 atom stereocenters. The Morgan fingerprint density at radius 2 is 1.83 bits per heavy atom. The van der Waals surface area contributed by atoms with Crippen molar-refractivity contribution in [3.8, 4) is 6.07 Å². The Kier molecular flexibility index (Phi) is 7.71. The van der Waals surface area contributed by atoms with Gasteiger partial charge >= 0.3 is 0 Å². The van der Waals surface area contributed by atoms with Crippen LogP contribution in [0.5, 0.6) is 0 Å². The lowest BCUT2D eigenvalue weighted by molar-refractivity contribution is -0.130. The average Bonchev–Trinajstić information content (AvgIpc) is 2.96. The van der Waals surface area contributed by atoms with Crippen LogP contribution in [0.4, 0.5) is 0 Å². The van der Waals surface area contributed by atoms with Crippen molar-refractivity contribution in [2.45, 2.75) is 41.9 Å². The first-order valence-electron chi connectivity index (χ1n) is 10.0. The van der Waals surface area contributed by atoms with E-state index >= 15 is 0 Å². The lowest BCUT2D eigenvalue weighted by atomic mass is 10.2. The van der Waals surface area contributed by atoms with Crippen molar-refractivity contribution in [2.24, 2.45) is 0 Å². The third-order valence-electron chi connectivity index (χ3n) is 4.92. The van der Waals surface area contributed by atoms with Crippen molar-refractivity contribution >= 4 is 23.6 Å². The SMILES string of the molecule is N#Cc1ccccc1Sc1ccccc1C(=O)NCCCN1CCCCCC1=O. The molecule has 5 nitrogen and oxygen atoms in total. The van der Waals surface area contributed by atoms with Crippen LogP contribution < -0.4 is 5.32 Å². The third-order valence-corrected chi connectivity index (χ3v) is 6.07. The first-order chi connectivity index (χ1) is 14.2. The van der Waals surface area contributed by atoms with E-state index in [1.54, 1.807) is 12.1 Å². The zero-order chi connectivity index (χ0) is 20.5. The van der Waals surface area contributed by atoms with Crippen molar-refractivity contribution in [3.05, 3.63) is 59.7 Å². The summed E-state index contributed by atoms with van der Waals surface area (Å²) in [5.41, 5.74) is 1.19. The number of benzene rings is 2. The monoisotopic (exact) mass is 407 g/mol. The summed E-state index contributed by atoms with van der Waals surface area (Å²) in [7, 11) is 0. The molecular formula is C23H25N3O2S. The summed E-state index contributed by atoms with van der Waals surface area (Å²) in [4.78, 5) is 28.3. The van der Waals surface area contributed by atoms with Gasteiger partial charge in [-0.25, -0.2) is 0 Å². The quantitative estimate of drug-likeness (QED) is 0.697. The number of rotatable bonds is 7. The maximum Gasteiger partial charge on any atom is 0.252 e. The van der Waals surface area contributed by atoms with Gasteiger partial charge in [-0.1, -0.05) is 42.4 Å². The molecule has 1 heterocycles. The number of likely N-dealkylation sites (tertiary alicyclic amines) is 1. The summed E-state index contributed by atoms with van der Waals surface area (Å²) < 4.78 is 0. The number of hydrogen-bond acceptors (Lipinski definition) is 4. The van der Waals surface area contributed by atoms with Crippen LogP contribution >= 0.6 is 11.8 Å². The Bertz CT molecular complexity index is 907. The Hall–Kier alpha value is -2.78. The van der Waals surface area contributed by atoms with Crippen LogP contribution in [0.15, 0.2) is 58.3 Å². The molecule has 29 heavy (non-hydrogen) atoms. The van der Waals surface area contributed by atoms with Crippen LogP contribution in [0.2, 0.25) is 0 Å². The number of nitrogens with one attached hydrogen (secondary N) is 1. The highest BCUT2D eigenvalue weighted by atomic mass is 32.2. The standard InChI is InChI=1S/C23H25N3O2S/c24-17-18-9-3-5-11-20(18)29-21-12-6-4-10-19(21)23(28)25-14-8-16-26-15-7-1-2-13-22(26)27/h3-6,9-12H,1-2,7-8,13-16H2,(H,25,28). The van der Waals surface area contributed by atoms with Gasteiger partial charge in [0.05, 0.1) is 11.1 Å². The molecule has 0 aliphatic carbocycles. The summed E-state index contributed by atoms with van der Waals surface area (Å²) >= 11 is 1.42. The predicted molar refractivity (Wildman–Crippen MR) is 114 cm³/mol. The molecule has 1 saturated heterocycles. The van der Waals surface area contributed by atoms with Gasteiger partial charge < -0.3 is 10.2 Å². The van der Waals surface area contributed by atoms with Gasteiger partial charge in [-0.05, 0) is 43.5 Å². The molecule has 1 fully saturated rings. The average molecular weight is 408 g/mol. The second-order valence-corrected chi connectivity index (χ2v) is 8.09. The highest BCUT2D eigenvalue weighted by Crippen LogP contribution is 2.32. The number of nitriles is 1. The summed E-state index contributed by atoms with van der Waals surface area (Å²) in [6.07, 6.45) is 4.54. The fourth-order valence-electron chi connectivity index (χ4n) is 3.35. The van der Waals surface area contributed by atoms with Crippen LogP contribution in [0.3, 0.4) is 0 Å². The molecule has 0 saturated carbocycles. The predicted octanol–water partition coefficient (Wildman–Crippen LogP) is 4.23. The molecule has 6 heteroatoms. The van der Waals surface area contributed by atoms with E-state index in [0.29, 0.717) is 30.6 Å². The van der Waals surface area contributed by atoms with Crippen LogP contribution in [-0.4, -0.2) is 36.3 Å². The summed E-state index contributed by atoms with van der Waals surface area (Å²) in [5, 5.41) is 12.3. The number of carbonyl (C=O) groups is 2. The van der Waals surface area contributed by atoms with Crippen LogP contribution in [0.1, 0.15) is 48.0 Å². The fourth-order valence-corrected chi connectivity index (χ4v) is 4.38. The molecule has 0 unspecified atom stereocenters. The fraction of sp³-hybridized carbons (Fsp3) is 0.348. The molecule has 150 valence electrons. The molecule has 3 rings (SSSR count). The minimum atomic E-state index is -0.135. The van der Waals surface area contributed by atoms with Crippen molar-refractivity contribution in [3.63, 3.8) is 0 Å². The minimum absolute atomic E-state index is 0.135. The molecule has 0 aromatic heterocycles. The van der Waals surface area contributed by atoms with E-state index in [2.05, 4.69) is 11.4 Å². The molecule has 1 aliphatic heterocycles. The smallest absolute Gasteiger partial charge is 0.252 e. The Morgan fingerprint density at radius 1 is 1.07 bits per heavy atom. The van der Waals surface area contributed by atoms with Gasteiger partial charge in [0, 0.05) is 35.8 Å². The topological polar surface area (TPSA) is 73.2 Å². The second kappa shape index (κ2) is 10.7. The molecule has 0 radical (unpaired) electrons. The van der Waals surface area contributed by atoms with Gasteiger partial charge in [0.1, 0.15) is 6.07 Å². The zero-order valence-electron chi connectivity index (χ0n) is 16.4. The highest BCUT2D eigenvalue weighted by Gasteiger charge is 2.16.